The quantitative estimate of drug-likeness (QED) is 0.631. The van der Waals surface area contributed by atoms with Crippen LogP contribution in [0, 0.1) is 17.7 Å². The van der Waals surface area contributed by atoms with Crippen LogP contribution in [0.5, 0.6) is 0 Å². The molecule has 0 aliphatic heterocycles. The molecule has 7 heteroatoms. The monoisotopic (exact) mass is 336 g/mol. The van der Waals surface area contributed by atoms with E-state index in [9.17, 15) is 22.4 Å². The van der Waals surface area contributed by atoms with Crippen LogP contribution in [-0.2, 0) is 6.18 Å². The fraction of sp³-hybridized carbons (Fsp3) is 0.118. The van der Waals surface area contributed by atoms with Crippen molar-refractivity contribution in [1.82, 2.24) is 5.32 Å². The van der Waals surface area contributed by atoms with Crippen LogP contribution in [0.3, 0.4) is 0 Å². The number of nitrogens with one attached hydrogen (secondary N) is 2. The summed E-state index contributed by atoms with van der Waals surface area (Å²) in [5, 5.41) is 4.81. The number of rotatable bonds is 2. The van der Waals surface area contributed by atoms with Gasteiger partial charge in [0.25, 0.3) is 0 Å². The summed E-state index contributed by atoms with van der Waals surface area (Å²) < 4.78 is 51.1. The topological polar surface area (TPSA) is 41.1 Å². The fourth-order valence-corrected chi connectivity index (χ4v) is 1.81. The zero-order chi connectivity index (χ0) is 17.6. The molecule has 2 rings (SSSR count). The minimum Gasteiger partial charge on any atom is -0.327 e. The summed E-state index contributed by atoms with van der Waals surface area (Å²) in [5.41, 5.74) is -0.608. The normalized spacial score (nSPS) is 10.5. The molecular formula is C17H12F4N2O. The van der Waals surface area contributed by atoms with Crippen molar-refractivity contribution in [3.8, 4) is 11.8 Å². The maximum Gasteiger partial charge on any atom is 0.417 e. The second-order valence-corrected chi connectivity index (χ2v) is 4.66. The summed E-state index contributed by atoms with van der Waals surface area (Å²) in [4.78, 5) is 11.6. The van der Waals surface area contributed by atoms with Crippen molar-refractivity contribution in [3.63, 3.8) is 0 Å². The summed E-state index contributed by atoms with van der Waals surface area (Å²) in [7, 11) is 0. The van der Waals surface area contributed by atoms with Gasteiger partial charge in [0.2, 0.25) is 0 Å². The van der Waals surface area contributed by atoms with E-state index in [0.717, 1.165) is 6.07 Å². The van der Waals surface area contributed by atoms with Crippen LogP contribution in [0.15, 0.2) is 48.5 Å². The van der Waals surface area contributed by atoms with E-state index in [1.54, 1.807) is 0 Å². The molecule has 0 radical (unpaired) electrons. The molecule has 2 N–H and O–H groups in total. The van der Waals surface area contributed by atoms with Crippen LogP contribution in [0.25, 0.3) is 0 Å². The first-order valence-electron chi connectivity index (χ1n) is 6.82. The highest BCUT2D eigenvalue weighted by atomic mass is 19.4. The number of hydrogen-bond acceptors (Lipinski definition) is 1. The molecule has 124 valence electrons. The lowest BCUT2D eigenvalue weighted by Crippen LogP contribution is -2.28. The SMILES string of the molecule is O=C(NCC#Cc1ccccc1C(F)(F)F)Nc1ccc(F)cc1. The molecule has 24 heavy (non-hydrogen) atoms. The molecule has 0 spiro atoms. The van der Waals surface area contributed by atoms with E-state index in [4.69, 9.17) is 0 Å². The first-order valence-corrected chi connectivity index (χ1v) is 6.82. The van der Waals surface area contributed by atoms with Crippen molar-refractivity contribution in [2.45, 2.75) is 6.18 Å². The van der Waals surface area contributed by atoms with E-state index < -0.39 is 23.6 Å². The van der Waals surface area contributed by atoms with E-state index in [0.29, 0.717) is 5.69 Å². The molecule has 0 saturated heterocycles. The molecule has 2 aromatic rings. The van der Waals surface area contributed by atoms with Crippen LogP contribution < -0.4 is 10.6 Å². The standard InChI is InChI=1S/C17H12F4N2O/c18-13-7-9-14(10-8-13)23-16(24)22-11-3-5-12-4-1-2-6-15(12)17(19,20)21/h1-2,4,6-10H,11H2,(H2,22,23,24). The van der Waals surface area contributed by atoms with Gasteiger partial charge in [0, 0.05) is 11.3 Å². The maximum absolute atomic E-state index is 12.8. The molecule has 0 unspecified atom stereocenters. The van der Waals surface area contributed by atoms with Gasteiger partial charge in [-0.15, -0.1) is 0 Å². The minimum absolute atomic E-state index is 0.140. The summed E-state index contributed by atoms with van der Waals surface area (Å²) in [5.74, 6) is 4.41. The Balaban J connectivity index is 1.92. The lowest BCUT2D eigenvalue weighted by Gasteiger charge is -2.08. The number of halogens is 4. The van der Waals surface area contributed by atoms with E-state index in [1.165, 1.54) is 42.5 Å². The van der Waals surface area contributed by atoms with Crippen LogP contribution in [0.2, 0.25) is 0 Å². The van der Waals surface area contributed by atoms with Gasteiger partial charge in [-0.2, -0.15) is 13.2 Å². The summed E-state index contributed by atoms with van der Waals surface area (Å²) in [6.45, 7) is -0.140. The third-order valence-corrected chi connectivity index (χ3v) is 2.89. The van der Waals surface area contributed by atoms with E-state index in [2.05, 4.69) is 22.5 Å². The van der Waals surface area contributed by atoms with Crippen molar-refractivity contribution in [2.75, 3.05) is 11.9 Å². The number of amides is 2. The van der Waals surface area contributed by atoms with Gasteiger partial charge < -0.3 is 10.6 Å². The highest BCUT2D eigenvalue weighted by Gasteiger charge is 2.32. The number of urea groups is 1. The van der Waals surface area contributed by atoms with Crippen LogP contribution >= 0.6 is 0 Å². The van der Waals surface area contributed by atoms with Crippen molar-refractivity contribution >= 4 is 11.7 Å². The predicted molar refractivity (Wildman–Crippen MR) is 81.7 cm³/mol. The Morgan fingerprint density at radius 1 is 1.04 bits per heavy atom. The number of benzene rings is 2. The van der Waals surface area contributed by atoms with Gasteiger partial charge in [-0.3, -0.25) is 0 Å². The van der Waals surface area contributed by atoms with Crippen molar-refractivity contribution in [3.05, 3.63) is 65.5 Å². The largest absolute Gasteiger partial charge is 0.417 e. The predicted octanol–water partition coefficient (Wildman–Crippen LogP) is 4.02. The van der Waals surface area contributed by atoms with Gasteiger partial charge in [-0.25, -0.2) is 9.18 Å². The Morgan fingerprint density at radius 3 is 2.38 bits per heavy atom. The molecule has 0 fully saturated rings. The Morgan fingerprint density at radius 2 is 1.71 bits per heavy atom. The molecule has 0 saturated carbocycles. The van der Waals surface area contributed by atoms with E-state index in [-0.39, 0.29) is 12.1 Å². The Hall–Kier alpha value is -3.01. The van der Waals surface area contributed by atoms with E-state index >= 15 is 0 Å². The zero-order valence-corrected chi connectivity index (χ0v) is 12.2. The average molecular weight is 336 g/mol. The Labute approximate surface area is 135 Å². The highest BCUT2D eigenvalue weighted by molar-refractivity contribution is 5.89. The molecule has 0 aliphatic carbocycles. The molecule has 0 aliphatic rings. The number of carbonyl (C=O) groups excluding carboxylic acids is 1. The van der Waals surface area contributed by atoms with Gasteiger partial charge in [-0.05, 0) is 36.4 Å². The molecular weight excluding hydrogens is 324 g/mol. The fourth-order valence-electron chi connectivity index (χ4n) is 1.81. The molecule has 0 atom stereocenters. The van der Waals surface area contributed by atoms with Gasteiger partial charge >= 0.3 is 12.2 Å². The maximum atomic E-state index is 12.8. The lowest BCUT2D eigenvalue weighted by atomic mass is 10.1. The third kappa shape index (κ3) is 5.02. The summed E-state index contributed by atoms with van der Waals surface area (Å²) >= 11 is 0. The summed E-state index contributed by atoms with van der Waals surface area (Å²) in [6, 6.07) is 9.46. The van der Waals surface area contributed by atoms with E-state index in [1.807, 2.05) is 0 Å². The highest BCUT2D eigenvalue weighted by Crippen LogP contribution is 2.31. The molecule has 0 aromatic heterocycles. The zero-order valence-electron chi connectivity index (χ0n) is 12.2. The Bertz CT molecular complexity index is 774. The van der Waals surface area contributed by atoms with Crippen molar-refractivity contribution < 1.29 is 22.4 Å². The van der Waals surface area contributed by atoms with Crippen LogP contribution in [-0.4, -0.2) is 12.6 Å². The third-order valence-electron chi connectivity index (χ3n) is 2.89. The minimum atomic E-state index is -4.49. The molecule has 2 aromatic carbocycles. The molecule has 0 heterocycles. The van der Waals surface area contributed by atoms with Gasteiger partial charge in [0.1, 0.15) is 5.82 Å². The molecule has 3 nitrogen and oxygen atoms in total. The number of alkyl halides is 3. The number of hydrogen-bond donors (Lipinski definition) is 2. The molecule has 2 amide bonds. The first-order chi connectivity index (χ1) is 11.4. The second kappa shape index (κ2) is 7.51. The van der Waals surface area contributed by atoms with Crippen LogP contribution in [0.4, 0.5) is 28.0 Å². The van der Waals surface area contributed by atoms with Crippen molar-refractivity contribution in [1.29, 1.82) is 0 Å². The number of anilines is 1. The second-order valence-electron chi connectivity index (χ2n) is 4.66. The molecule has 0 bridgehead atoms. The Kier molecular flexibility index (Phi) is 5.42. The van der Waals surface area contributed by atoms with Crippen LogP contribution in [0.1, 0.15) is 11.1 Å². The lowest BCUT2D eigenvalue weighted by molar-refractivity contribution is -0.137. The first kappa shape index (κ1) is 17.3. The van der Waals surface area contributed by atoms with Gasteiger partial charge in [0.05, 0.1) is 12.1 Å². The average Bonchev–Trinajstić information content (AvgIpc) is 2.53. The smallest absolute Gasteiger partial charge is 0.327 e. The number of carbonyl (C=O) groups is 1. The van der Waals surface area contributed by atoms with Gasteiger partial charge in [-0.1, -0.05) is 24.0 Å². The summed E-state index contributed by atoms with van der Waals surface area (Å²) in [6.07, 6.45) is -4.49. The van der Waals surface area contributed by atoms with Gasteiger partial charge in [0.15, 0.2) is 0 Å². The van der Waals surface area contributed by atoms with Crippen molar-refractivity contribution in [2.24, 2.45) is 0 Å².